The lowest BCUT2D eigenvalue weighted by Crippen LogP contribution is -2.32. The molecule has 1 amide bonds. The first kappa shape index (κ1) is 15.6. The van der Waals surface area contributed by atoms with Crippen LogP contribution < -0.4 is 5.32 Å². The van der Waals surface area contributed by atoms with E-state index in [1.165, 1.54) is 25.0 Å². The zero-order valence-corrected chi connectivity index (χ0v) is 13.1. The molecule has 1 atom stereocenters. The first-order valence-electron chi connectivity index (χ1n) is 7.99. The normalized spacial score (nSPS) is 16.4. The van der Waals surface area contributed by atoms with Gasteiger partial charge in [0, 0.05) is 11.5 Å². The van der Waals surface area contributed by atoms with Crippen molar-refractivity contribution in [3.63, 3.8) is 0 Å². The molecule has 1 aliphatic rings. The molecule has 1 fully saturated rings. The summed E-state index contributed by atoms with van der Waals surface area (Å²) in [5.41, 5.74) is 0.673. The fourth-order valence-electron chi connectivity index (χ4n) is 3.04. The smallest absolute Gasteiger partial charge is 0.246 e. The SMILES string of the molecule is CC(C(=O)NCc1nc(-c2ccc(F)cc2)no1)C1CCCC1. The van der Waals surface area contributed by atoms with Crippen LogP contribution in [-0.4, -0.2) is 16.0 Å². The monoisotopic (exact) mass is 317 g/mol. The van der Waals surface area contributed by atoms with E-state index in [1.54, 1.807) is 12.1 Å². The van der Waals surface area contributed by atoms with Gasteiger partial charge in [0.25, 0.3) is 0 Å². The van der Waals surface area contributed by atoms with Crippen LogP contribution in [0.3, 0.4) is 0 Å². The molecule has 5 nitrogen and oxygen atoms in total. The van der Waals surface area contributed by atoms with Crippen molar-refractivity contribution in [2.75, 3.05) is 0 Å². The third-order valence-electron chi connectivity index (χ3n) is 4.50. The van der Waals surface area contributed by atoms with E-state index in [0.29, 0.717) is 23.2 Å². The topological polar surface area (TPSA) is 68.0 Å². The molecule has 0 radical (unpaired) electrons. The lowest BCUT2D eigenvalue weighted by atomic mass is 9.92. The Morgan fingerprint density at radius 2 is 2.04 bits per heavy atom. The molecule has 0 spiro atoms. The van der Waals surface area contributed by atoms with E-state index in [0.717, 1.165) is 12.8 Å². The minimum Gasteiger partial charge on any atom is -0.347 e. The molecule has 0 bridgehead atoms. The summed E-state index contributed by atoms with van der Waals surface area (Å²) in [5, 5.41) is 6.71. The fraction of sp³-hybridized carbons (Fsp3) is 0.471. The second-order valence-corrected chi connectivity index (χ2v) is 6.07. The molecular formula is C17H20FN3O2. The van der Waals surface area contributed by atoms with Gasteiger partial charge in [-0.15, -0.1) is 0 Å². The summed E-state index contributed by atoms with van der Waals surface area (Å²) in [6.07, 6.45) is 4.69. The molecule has 0 saturated heterocycles. The second kappa shape index (κ2) is 6.89. The Hall–Kier alpha value is -2.24. The number of nitrogens with zero attached hydrogens (tertiary/aromatic N) is 2. The van der Waals surface area contributed by atoms with Crippen molar-refractivity contribution >= 4 is 5.91 Å². The summed E-state index contributed by atoms with van der Waals surface area (Å²) in [5.74, 6) is 0.933. The van der Waals surface area contributed by atoms with Crippen molar-refractivity contribution in [1.82, 2.24) is 15.5 Å². The summed E-state index contributed by atoms with van der Waals surface area (Å²) in [7, 11) is 0. The molecule has 122 valence electrons. The van der Waals surface area contributed by atoms with Crippen LogP contribution in [0.25, 0.3) is 11.4 Å². The molecule has 2 aromatic rings. The lowest BCUT2D eigenvalue weighted by Gasteiger charge is -2.17. The van der Waals surface area contributed by atoms with E-state index < -0.39 is 0 Å². The van der Waals surface area contributed by atoms with Crippen LogP contribution in [0.15, 0.2) is 28.8 Å². The van der Waals surface area contributed by atoms with Crippen molar-refractivity contribution in [3.8, 4) is 11.4 Å². The van der Waals surface area contributed by atoms with Crippen LogP contribution in [0.2, 0.25) is 0 Å². The third-order valence-corrected chi connectivity index (χ3v) is 4.50. The van der Waals surface area contributed by atoms with Gasteiger partial charge >= 0.3 is 0 Å². The van der Waals surface area contributed by atoms with E-state index in [2.05, 4.69) is 15.5 Å². The molecule has 1 aromatic carbocycles. The summed E-state index contributed by atoms with van der Waals surface area (Å²) in [4.78, 5) is 16.4. The quantitative estimate of drug-likeness (QED) is 0.918. The Morgan fingerprint density at radius 1 is 1.35 bits per heavy atom. The molecule has 6 heteroatoms. The van der Waals surface area contributed by atoms with Gasteiger partial charge in [0.05, 0.1) is 6.54 Å². The Morgan fingerprint density at radius 3 is 2.74 bits per heavy atom. The van der Waals surface area contributed by atoms with Gasteiger partial charge in [-0.3, -0.25) is 4.79 Å². The molecule has 23 heavy (non-hydrogen) atoms. The van der Waals surface area contributed by atoms with Gasteiger partial charge in [-0.25, -0.2) is 4.39 Å². The third kappa shape index (κ3) is 3.75. The molecule has 1 aliphatic carbocycles. The number of benzene rings is 1. The van der Waals surface area contributed by atoms with Crippen molar-refractivity contribution in [3.05, 3.63) is 36.0 Å². The van der Waals surface area contributed by atoms with E-state index in [-0.39, 0.29) is 24.2 Å². The second-order valence-electron chi connectivity index (χ2n) is 6.07. The number of aromatic nitrogens is 2. The molecule has 1 aromatic heterocycles. The van der Waals surface area contributed by atoms with Crippen molar-refractivity contribution in [1.29, 1.82) is 0 Å². The van der Waals surface area contributed by atoms with Gasteiger partial charge in [-0.05, 0) is 43.0 Å². The van der Waals surface area contributed by atoms with Crippen molar-refractivity contribution in [2.45, 2.75) is 39.2 Å². The minimum atomic E-state index is -0.314. The van der Waals surface area contributed by atoms with Crippen LogP contribution >= 0.6 is 0 Å². The van der Waals surface area contributed by atoms with Gasteiger partial charge in [-0.1, -0.05) is 24.9 Å². The maximum absolute atomic E-state index is 12.9. The average molecular weight is 317 g/mol. The highest BCUT2D eigenvalue weighted by molar-refractivity contribution is 5.78. The highest BCUT2D eigenvalue weighted by Gasteiger charge is 2.26. The first-order valence-corrected chi connectivity index (χ1v) is 7.99. The average Bonchev–Trinajstić information content (AvgIpc) is 3.24. The first-order chi connectivity index (χ1) is 11.1. The summed E-state index contributed by atoms with van der Waals surface area (Å²) in [6.45, 7) is 2.19. The molecule has 1 heterocycles. The predicted octanol–water partition coefficient (Wildman–Crippen LogP) is 3.32. The van der Waals surface area contributed by atoms with Gasteiger partial charge < -0.3 is 9.84 Å². The molecule has 0 aliphatic heterocycles. The number of carbonyl (C=O) groups is 1. The van der Waals surface area contributed by atoms with Crippen LogP contribution in [-0.2, 0) is 11.3 Å². The molecular weight excluding hydrogens is 297 g/mol. The predicted molar refractivity (Wildman–Crippen MR) is 82.7 cm³/mol. The standard InChI is InChI=1S/C17H20FN3O2/c1-11(12-4-2-3-5-12)17(22)19-10-15-20-16(21-23-15)13-6-8-14(18)9-7-13/h6-9,11-12H,2-5,10H2,1H3,(H,19,22). The van der Waals surface area contributed by atoms with Crippen LogP contribution in [0.5, 0.6) is 0 Å². The van der Waals surface area contributed by atoms with Crippen LogP contribution in [0.4, 0.5) is 4.39 Å². The van der Waals surface area contributed by atoms with Gasteiger partial charge in [0.1, 0.15) is 5.82 Å². The molecule has 1 unspecified atom stereocenters. The lowest BCUT2D eigenvalue weighted by molar-refractivity contribution is -0.126. The number of hydrogen-bond donors (Lipinski definition) is 1. The number of nitrogens with one attached hydrogen (secondary N) is 1. The van der Waals surface area contributed by atoms with Gasteiger partial charge in [0.2, 0.25) is 17.6 Å². The van der Waals surface area contributed by atoms with Crippen molar-refractivity contribution in [2.24, 2.45) is 11.8 Å². The Labute approximate surface area is 134 Å². The number of rotatable bonds is 5. The summed E-state index contributed by atoms with van der Waals surface area (Å²) < 4.78 is 18.0. The molecule has 3 rings (SSSR count). The Balaban J connectivity index is 1.56. The van der Waals surface area contributed by atoms with Gasteiger partial charge in [-0.2, -0.15) is 4.98 Å². The highest BCUT2D eigenvalue weighted by atomic mass is 19.1. The zero-order valence-electron chi connectivity index (χ0n) is 13.1. The summed E-state index contributed by atoms with van der Waals surface area (Å²) in [6, 6.07) is 5.86. The van der Waals surface area contributed by atoms with Gasteiger partial charge in [0.15, 0.2) is 0 Å². The zero-order chi connectivity index (χ0) is 16.2. The summed E-state index contributed by atoms with van der Waals surface area (Å²) >= 11 is 0. The number of hydrogen-bond acceptors (Lipinski definition) is 4. The number of halogens is 1. The van der Waals surface area contributed by atoms with E-state index in [9.17, 15) is 9.18 Å². The maximum Gasteiger partial charge on any atom is 0.246 e. The van der Waals surface area contributed by atoms with E-state index >= 15 is 0 Å². The van der Waals surface area contributed by atoms with Crippen LogP contribution in [0, 0.1) is 17.7 Å². The Bertz CT molecular complexity index is 663. The molecule has 1 saturated carbocycles. The number of amides is 1. The fourth-order valence-corrected chi connectivity index (χ4v) is 3.04. The highest BCUT2D eigenvalue weighted by Crippen LogP contribution is 2.31. The van der Waals surface area contributed by atoms with Crippen LogP contribution in [0.1, 0.15) is 38.5 Å². The largest absolute Gasteiger partial charge is 0.347 e. The Kier molecular flexibility index (Phi) is 4.69. The van der Waals surface area contributed by atoms with E-state index in [1.807, 2.05) is 6.92 Å². The van der Waals surface area contributed by atoms with Crippen molar-refractivity contribution < 1.29 is 13.7 Å². The molecule has 1 N–H and O–H groups in total. The number of carbonyl (C=O) groups excluding carboxylic acids is 1. The minimum absolute atomic E-state index is 0.0111. The van der Waals surface area contributed by atoms with E-state index in [4.69, 9.17) is 4.52 Å². The maximum atomic E-state index is 12.9.